The fourth-order valence-electron chi connectivity index (χ4n) is 1.31. The van der Waals surface area contributed by atoms with Crippen LogP contribution in [0.25, 0.3) is 0 Å². The fourth-order valence-corrected chi connectivity index (χ4v) is 2.76. The Balaban J connectivity index is 4.72. The minimum absolute atomic E-state index is 0.0214. The number of hydrogen-bond donors (Lipinski definition) is 1. The van der Waals surface area contributed by atoms with Gasteiger partial charge in [0, 0.05) is 0 Å². The van der Waals surface area contributed by atoms with Crippen molar-refractivity contribution in [2.45, 2.75) is 38.4 Å². The monoisotopic (exact) mass is 266 g/mol. The number of carboxylic acids is 1. The Kier molecular flexibility index (Phi) is 6.79. The zero-order valence-corrected chi connectivity index (χ0v) is 10.8. The molecule has 0 saturated heterocycles. The predicted molar refractivity (Wildman–Crippen MR) is 61.4 cm³/mol. The number of esters is 1. The van der Waals surface area contributed by atoms with E-state index in [1.54, 1.807) is 6.92 Å². The molecule has 0 amide bonds. The summed E-state index contributed by atoms with van der Waals surface area (Å²) in [6.07, 6.45) is 1.20. The van der Waals surface area contributed by atoms with Gasteiger partial charge in [-0.15, -0.1) is 0 Å². The Hall–Kier alpha value is -1.11. The van der Waals surface area contributed by atoms with Crippen LogP contribution in [0.1, 0.15) is 33.1 Å². The predicted octanol–water partition coefficient (Wildman–Crippen LogP) is 0.608. The van der Waals surface area contributed by atoms with Crippen LogP contribution in [0.3, 0.4) is 0 Å². The Bertz CT molecular complexity index is 357. The molecule has 0 aromatic carbocycles. The summed E-state index contributed by atoms with van der Waals surface area (Å²) in [6.45, 7) is 3.45. The van der Waals surface area contributed by atoms with E-state index < -0.39 is 32.8 Å². The summed E-state index contributed by atoms with van der Waals surface area (Å²) in [7, 11) is -3.99. The van der Waals surface area contributed by atoms with E-state index in [9.17, 15) is 18.0 Å². The van der Waals surface area contributed by atoms with Crippen LogP contribution in [0, 0.1) is 0 Å². The van der Waals surface area contributed by atoms with Gasteiger partial charge in [-0.1, -0.05) is 19.8 Å². The van der Waals surface area contributed by atoms with Crippen molar-refractivity contribution in [2.75, 3.05) is 12.4 Å². The van der Waals surface area contributed by atoms with E-state index in [1.807, 2.05) is 6.92 Å². The van der Waals surface area contributed by atoms with Gasteiger partial charge in [0.2, 0.25) is 0 Å². The summed E-state index contributed by atoms with van der Waals surface area (Å²) in [5.74, 6) is -3.19. The van der Waals surface area contributed by atoms with Crippen molar-refractivity contribution in [3.63, 3.8) is 0 Å². The molecule has 0 aromatic heterocycles. The van der Waals surface area contributed by atoms with Gasteiger partial charge >= 0.3 is 11.9 Å². The lowest BCUT2D eigenvalue weighted by Crippen LogP contribution is -2.35. The molecule has 17 heavy (non-hydrogen) atoms. The lowest BCUT2D eigenvalue weighted by atomic mass is 10.2. The number of hydrogen-bond acceptors (Lipinski definition) is 5. The Morgan fingerprint density at radius 1 is 1.29 bits per heavy atom. The van der Waals surface area contributed by atoms with Crippen molar-refractivity contribution < 1.29 is 27.9 Å². The molecule has 0 aliphatic rings. The number of sulfone groups is 1. The van der Waals surface area contributed by atoms with Crippen LogP contribution >= 0.6 is 0 Å². The van der Waals surface area contributed by atoms with Crippen molar-refractivity contribution in [2.24, 2.45) is 0 Å². The second-order valence-electron chi connectivity index (χ2n) is 3.58. The van der Waals surface area contributed by atoms with Gasteiger partial charge in [0.15, 0.2) is 15.1 Å². The van der Waals surface area contributed by atoms with Crippen molar-refractivity contribution in [1.29, 1.82) is 0 Å². The standard InChI is InChI=1S/C10H18O6S/c1-3-5-6-8(10(12)13)17(14,15)7-9(11)16-4-2/h8H,3-7H2,1-2H3,(H,12,13). The highest BCUT2D eigenvalue weighted by Crippen LogP contribution is 2.12. The van der Waals surface area contributed by atoms with Gasteiger partial charge < -0.3 is 9.84 Å². The fraction of sp³-hybridized carbons (Fsp3) is 0.800. The van der Waals surface area contributed by atoms with Gasteiger partial charge in [-0.25, -0.2) is 8.42 Å². The molecule has 0 bridgehead atoms. The van der Waals surface area contributed by atoms with E-state index in [2.05, 4.69) is 4.74 Å². The zero-order chi connectivity index (χ0) is 13.5. The first-order valence-electron chi connectivity index (χ1n) is 5.45. The van der Waals surface area contributed by atoms with E-state index in [0.29, 0.717) is 12.8 Å². The summed E-state index contributed by atoms with van der Waals surface area (Å²) in [4.78, 5) is 21.9. The van der Waals surface area contributed by atoms with Gasteiger partial charge in [0.05, 0.1) is 6.61 Å². The molecule has 0 aliphatic heterocycles. The number of ether oxygens (including phenoxy) is 1. The second kappa shape index (κ2) is 7.26. The highest BCUT2D eigenvalue weighted by Gasteiger charge is 2.34. The smallest absolute Gasteiger partial charge is 0.321 e. The number of rotatable bonds is 8. The van der Waals surface area contributed by atoms with Crippen LogP contribution in [-0.4, -0.2) is 43.1 Å². The molecule has 0 saturated carbocycles. The average Bonchev–Trinajstić information content (AvgIpc) is 2.16. The Labute approximate surface area is 101 Å². The molecular formula is C10H18O6S. The number of aliphatic carboxylic acids is 1. The van der Waals surface area contributed by atoms with Crippen LogP contribution in [-0.2, 0) is 24.2 Å². The quantitative estimate of drug-likeness (QED) is 0.646. The highest BCUT2D eigenvalue weighted by atomic mass is 32.2. The molecule has 7 heteroatoms. The number of carbonyl (C=O) groups excluding carboxylic acids is 1. The van der Waals surface area contributed by atoms with Crippen molar-refractivity contribution in [1.82, 2.24) is 0 Å². The average molecular weight is 266 g/mol. The summed E-state index contributed by atoms with van der Waals surface area (Å²) in [5.41, 5.74) is 0. The van der Waals surface area contributed by atoms with Crippen LogP contribution in [0.5, 0.6) is 0 Å². The van der Waals surface area contributed by atoms with Crippen LogP contribution in [0.15, 0.2) is 0 Å². The molecule has 1 N–H and O–H groups in total. The third kappa shape index (κ3) is 5.67. The molecule has 0 fully saturated rings. The van der Waals surface area contributed by atoms with E-state index >= 15 is 0 Å². The molecule has 0 radical (unpaired) electrons. The van der Waals surface area contributed by atoms with Crippen molar-refractivity contribution in [3.8, 4) is 0 Å². The molecule has 0 rings (SSSR count). The van der Waals surface area contributed by atoms with Crippen LogP contribution in [0.2, 0.25) is 0 Å². The lowest BCUT2D eigenvalue weighted by molar-refractivity contribution is -0.139. The number of carbonyl (C=O) groups is 2. The minimum Gasteiger partial charge on any atom is -0.480 e. The van der Waals surface area contributed by atoms with E-state index in [4.69, 9.17) is 5.11 Å². The Morgan fingerprint density at radius 3 is 2.29 bits per heavy atom. The van der Waals surface area contributed by atoms with Gasteiger partial charge in [0.1, 0.15) is 5.75 Å². The molecule has 0 heterocycles. The molecule has 6 nitrogen and oxygen atoms in total. The van der Waals surface area contributed by atoms with Crippen molar-refractivity contribution >= 4 is 21.8 Å². The van der Waals surface area contributed by atoms with Gasteiger partial charge in [-0.2, -0.15) is 0 Å². The molecule has 1 atom stereocenters. The number of unbranched alkanes of at least 4 members (excludes halogenated alkanes) is 1. The molecule has 100 valence electrons. The normalized spacial score (nSPS) is 13.1. The summed E-state index contributed by atoms with van der Waals surface area (Å²) in [5, 5.41) is 7.33. The Morgan fingerprint density at radius 2 is 1.88 bits per heavy atom. The first kappa shape index (κ1) is 15.9. The van der Waals surface area contributed by atoms with Crippen LogP contribution in [0.4, 0.5) is 0 Å². The van der Waals surface area contributed by atoms with Gasteiger partial charge in [0.25, 0.3) is 0 Å². The second-order valence-corrected chi connectivity index (χ2v) is 5.76. The lowest BCUT2D eigenvalue weighted by Gasteiger charge is -2.12. The first-order valence-corrected chi connectivity index (χ1v) is 7.16. The summed E-state index contributed by atoms with van der Waals surface area (Å²) >= 11 is 0. The minimum atomic E-state index is -3.99. The maximum Gasteiger partial charge on any atom is 0.321 e. The third-order valence-corrected chi connectivity index (χ3v) is 4.10. The van der Waals surface area contributed by atoms with Gasteiger partial charge in [-0.3, -0.25) is 9.59 Å². The van der Waals surface area contributed by atoms with E-state index in [0.717, 1.165) is 0 Å². The summed E-state index contributed by atoms with van der Waals surface area (Å²) in [6, 6.07) is 0. The maximum atomic E-state index is 11.7. The van der Waals surface area contributed by atoms with E-state index in [1.165, 1.54) is 0 Å². The maximum absolute atomic E-state index is 11.7. The molecular weight excluding hydrogens is 248 g/mol. The summed E-state index contributed by atoms with van der Waals surface area (Å²) < 4.78 is 27.9. The van der Waals surface area contributed by atoms with Gasteiger partial charge in [-0.05, 0) is 13.3 Å². The largest absolute Gasteiger partial charge is 0.480 e. The third-order valence-electron chi connectivity index (χ3n) is 2.15. The highest BCUT2D eigenvalue weighted by molar-refractivity contribution is 7.93. The SMILES string of the molecule is CCCCC(C(=O)O)S(=O)(=O)CC(=O)OCC. The van der Waals surface area contributed by atoms with E-state index in [-0.39, 0.29) is 13.0 Å². The van der Waals surface area contributed by atoms with Crippen LogP contribution < -0.4 is 0 Å². The number of carboxylic acid groups (broad SMARTS) is 1. The molecule has 0 spiro atoms. The molecule has 0 aliphatic carbocycles. The van der Waals surface area contributed by atoms with Crippen molar-refractivity contribution in [3.05, 3.63) is 0 Å². The zero-order valence-electron chi connectivity index (χ0n) is 10.0. The topological polar surface area (TPSA) is 97.7 Å². The first-order chi connectivity index (χ1) is 7.85. The molecule has 0 aromatic rings. The molecule has 1 unspecified atom stereocenters.